The Balaban J connectivity index is 0.00000156. The lowest BCUT2D eigenvalue weighted by Crippen LogP contribution is -2.35. The minimum Gasteiger partial charge on any atom is -0.397 e. The summed E-state index contributed by atoms with van der Waals surface area (Å²) in [5, 5.41) is 2.83. The molecule has 0 bridgehead atoms. The van der Waals surface area contributed by atoms with E-state index in [9.17, 15) is 4.79 Å². The standard InChI is InChI=1S/C17H20N4O2.2ClH/c18-14-3-6-16(19-11-14)17(22)20-15-4-1-13(2-5-15)12-21-7-9-23-10-8-21;;/h1-6,11H,7-10,12,18H2,(H,20,22);2*1H. The van der Waals surface area contributed by atoms with Gasteiger partial charge in [0.2, 0.25) is 0 Å². The molecule has 0 atom stereocenters. The molecule has 0 spiro atoms. The molecule has 1 fully saturated rings. The van der Waals surface area contributed by atoms with E-state index in [1.165, 1.54) is 11.8 Å². The van der Waals surface area contributed by atoms with Gasteiger partial charge < -0.3 is 15.8 Å². The van der Waals surface area contributed by atoms with Crippen LogP contribution in [-0.4, -0.2) is 42.1 Å². The molecule has 3 N–H and O–H groups in total. The number of nitrogen functional groups attached to an aromatic ring is 1. The predicted octanol–water partition coefficient (Wildman–Crippen LogP) is 2.59. The average molecular weight is 385 g/mol. The fourth-order valence-electron chi connectivity index (χ4n) is 2.45. The number of hydrogen-bond donors (Lipinski definition) is 2. The lowest BCUT2D eigenvalue weighted by molar-refractivity contribution is 0.0342. The zero-order valence-corrected chi connectivity index (χ0v) is 15.3. The first-order chi connectivity index (χ1) is 11.2. The van der Waals surface area contributed by atoms with Gasteiger partial charge in [-0.25, -0.2) is 4.98 Å². The van der Waals surface area contributed by atoms with E-state index in [1.807, 2.05) is 24.3 Å². The molecule has 8 heteroatoms. The Labute approximate surface area is 159 Å². The van der Waals surface area contributed by atoms with Crippen molar-refractivity contribution in [2.45, 2.75) is 6.54 Å². The van der Waals surface area contributed by atoms with Crippen LogP contribution in [0.4, 0.5) is 11.4 Å². The summed E-state index contributed by atoms with van der Waals surface area (Å²) in [6, 6.07) is 11.1. The first-order valence-corrected chi connectivity index (χ1v) is 7.62. The molecule has 1 aliphatic rings. The van der Waals surface area contributed by atoms with Crippen LogP contribution >= 0.6 is 24.8 Å². The highest BCUT2D eigenvalue weighted by atomic mass is 35.5. The van der Waals surface area contributed by atoms with E-state index < -0.39 is 0 Å². The van der Waals surface area contributed by atoms with E-state index in [2.05, 4.69) is 15.2 Å². The molecule has 1 aliphatic heterocycles. The molecule has 25 heavy (non-hydrogen) atoms. The average Bonchev–Trinajstić information content (AvgIpc) is 2.58. The molecule has 0 saturated carbocycles. The van der Waals surface area contributed by atoms with Crippen molar-refractivity contribution in [2.24, 2.45) is 0 Å². The molecule has 1 saturated heterocycles. The van der Waals surface area contributed by atoms with E-state index in [1.54, 1.807) is 12.1 Å². The van der Waals surface area contributed by atoms with Crippen molar-refractivity contribution < 1.29 is 9.53 Å². The predicted molar refractivity (Wildman–Crippen MR) is 104 cm³/mol. The van der Waals surface area contributed by atoms with E-state index in [-0.39, 0.29) is 30.7 Å². The first kappa shape index (κ1) is 21.2. The second-order valence-electron chi connectivity index (χ2n) is 5.52. The summed E-state index contributed by atoms with van der Waals surface area (Å²) in [5.74, 6) is -0.245. The number of hydrogen-bond acceptors (Lipinski definition) is 5. The van der Waals surface area contributed by atoms with Crippen LogP contribution in [0.5, 0.6) is 0 Å². The Bertz CT molecular complexity index is 659. The summed E-state index contributed by atoms with van der Waals surface area (Å²) in [5.41, 5.74) is 8.41. The third kappa shape index (κ3) is 6.17. The van der Waals surface area contributed by atoms with Crippen LogP contribution < -0.4 is 11.1 Å². The molecule has 0 radical (unpaired) electrons. The topological polar surface area (TPSA) is 80.5 Å². The van der Waals surface area contributed by atoms with Gasteiger partial charge in [-0.2, -0.15) is 0 Å². The molecule has 0 aliphatic carbocycles. The van der Waals surface area contributed by atoms with E-state index in [4.69, 9.17) is 10.5 Å². The summed E-state index contributed by atoms with van der Waals surface area (Å²) >= 11 is 0. The number of nitrogens with one attached hydrogen (secondary N) is 1. The lowest BCUT2D eigenvalue weighted by atomic mass is 10.2. The number of carbonyl (C=O) groups excluding carboxylic acids is 1. The van der Waals surface area contributed by atoms with Crippen molar-refractivity contribution in [1.82, 2.24) is 9.88 Å². The van der Waals surface area contributed by atoms with Crippen LogP contribution in [0.1, 0.15) is 16.1 Å². The van der Waals surface area contributed by atoms with Gasteiger partial charge in [0.1, 0.15) is 5.69 Å². The van der Waals surface area contributed by atoms with Gasteiger partial charge in [-0.15, -0.1) is 24.8 Å². The third-order valence-corrected chi connectivity index (χ3v) is 3.74. The van der Waals surface area contributed by atoms with Crippen molar-refractivity contribution in [3.63, 3.8) is 0 Å². The fraction of sp³-hybridized carbons (Fsp3) is 0.294. The van der Waals surface area contributed by atoms with Gasteiger partial charge in [0.25, 0.3) is 5.91 Å². The van der Waals surface area contributed by atoms with Crippen LogP contribution in [0.25, 0.3) is 0 Å². The Morgan fingerprint density at radius 2 is 1.80 bits per heavy atom. The maximum atomic E-state index is 12.1. The molecule has 2 aromatic rings. The lowest BCUT2D eigenvalue weighted by Gasteiger charge is -2.26. The highest BCUT2D eigenvalue weighted by Gasteiger charge is 2.11. The van der Waals surface area contributed by atoms with E-state index in [0.29, 0.717) is 11.4 Å². The number of pyridine rings is 1. The zero-order chi connectivity index (χ0) is 16.1. The molecule has 136 valence electrons. The Kier molecular flexibility index (Phi) is 8.65. The molecule has 1 aromatic heterocycles. The highest BCUT2D eigenvalue weighted by Crippen LogP contribution is 2.13. The Morgan fingerprint density at radius 3 is 2.40 bits per heavy atom. The minimum atomic E-state index is -0.245. The fourth-order valence-corrected chi connectivity index (χ4v) is 2.45. The number of aromatic nitrogens is 1. The molecule has 2 heterocycles. The van der Waals surface area contributed by atoms with Crippen LogP contribution in [0.2, 0.25) is 0 Å². The molecule has 1 amide bonds. The number of halogens is 2. The summed E-state index contributed by atoms with van der Waals surface area (Å²) in [6.45, 7) is 4.41. The normalized spacial score (nSPS) is 14.1. The number of ether oxygens (including phenoxy) is 1. The van der Waals surface area contributed by atoms with Gasteiger partial charge in [0, 0.05) is 25.3 Å². The number of nitrogens with two attached hydrogens (primary N) is 1. The molecule has 3 rings (SSSR count). The number of amides is 1. The second kappa shape index (κ2) is 10.2. The van der Waals surface area contributed by atoms with Gasteiger partial charge >= 0.3 is 0 Å². The zero-order valence-electron chi connectivity index (χ0n) is 13.7. The quantitative estimate of drug-likeness (QED) is 0.846. The number of carbonyl (C=O) groups is 1. The molecule has 0 unspecified atom stereocenters. The third-order valence-electron chi connectivity index (χ3n) is 3.74. The largest absolute Gasteiger partial charge is 0.397 e. The number of nitrogens with zero attached hydrogens (tertiary/aromatic N) is 2. The Hall–Kier alpha value is -1.86. The number of benzene rings is 1. The minimum absolute atomic E-state index is 0. The van der Waals surface area contributed by atoms with Crippen LogP contribution in [0, 0.1) is 0 Å². The molecular weight excluding hydrogens is 363 g/mol. The highest BCUT2D eigenvalue weighted by molar-refractivity contribution is 6.02. The molecule has 6 nitrogen and oxygen atoms in total. The Morgan fingerprint density at radius 1 is 1.12 bits per heavy atom. The van der Waals surface area contributed by atoms with E-state index >= 15 is 0 Å². The maximum Gasteiger partial charge on any atom is 0.274 e. The first-order valence-electron chi connectivity index (χ1n) is 7.62. The van der Waals surface area contributed by atoms with Gasteiger partial charge in [0.05, 0.1) is 25.1 Å². The number of morpholine rings is 1. The maximum absolute atomic E-state index is 12.1. The summed E-state index contributed by atoms with van der Waals surface area (Å²) < 4.78 is 5.35. The SMILES string of the molecule is Cl.Cl.Nc1ccc(C(=O)Nc2ccc(CN3CCOCC3)cc2)nc1. The molecular formula is C17H22Cl2N4O2. The van der Waals surface area contributed by atoms with Crippen LogP contribution in [0.15, 0.2) is 42.6 Å². The van der Waals surface area contributed by atoms with Crippen molar-refractivity contribution in [2.75, 3.05) is 37.4 Å². The number of rotatable bonds is 4. The van der Waals surface area contributed by atoms with Crippen LogP contribution in [-0.2, 0) is 11.3 Å². The summed E-state index contributed by atoms with van der Waals surface area (Å²) in [4.78, 5) is 18.5. The van der Waals surface area contributed by atoms with Crippen molar-refractivity contribution in [3.8, 4) is 0 Å². The second-order valence-corrected chi connectivity index (χ2v) is 5.52. The van der Waals surface area contributed by atoms with Crippen molar-refractivity contribution in [3.05, 3.63) is 53.9 Å². The van der Waals surface area contributed by atoms with Crippen LogP contribution in [0.3, 0.4) is 0 Å². The van der Waals surface area contributed by atoms with Crippen molar-refractivity contribution >= 4 is 42.1 Å². The van der Waals surface area contributed by atoms with Gasteiger partial charge in [-0.05, 0) is 29.8 Å². The van der Waals surface area contributed by atoms with E-state index in [0.717, 1.165) is 38.5 Å². The summed E-state index contributed by atoms with van der Waals surface area (Å²) in [7, 11) is 0. The van der Waals surface area contributed by atoms with Gasteiger partial charge in [-0.1, -0.05) is 12.1 Å². The van der Waals surface area contributed by atoms with Crippen molar-refractivity contribution in [1.29, 1.82) is 0 Å². The van der Waals surface area contributed by atoms with Gasteiger partial charge in [-0.3, -0.25) is 9.69 Å². The number of anilines is 2. The van der Waals surface area contributed by atoms with Gasteiger partial charge in [0.15, 0.2) is 0 Å². The molecule has 1 aromatic carbocycles. The smallest absolute Gasteiger partial charge is 0.274 e. The summed E-state index contributed by atoms with van der Waals surface area (Å²) in [6.07, 6.45) is 1.47. The monoisotopic (exact) mass is 384 g/mol.